The maximum absolute atomic E-state index is 10.5. The van der Waals surface area contributed by atoms with Crippen molar-refractivity contribution in [1.29, 1.82) is 0 Å². The third-order valence-corrected chi connectivity index (χ3v) is 2.49. The molecule has 0 unspecified atom stereocenters. The van der Waals surface area contributed by atoms with Crippen LogP contribution >= 0.6 is 23.2 Å². The topological polar surface area (TPSA) is 52.1 Å². The summed E-state index contributed by atoms with van der Waals surface area (Å²) in [6.45, 7) is 0. The Morgan fingerprint density at radius 1 is 1.24 bits per heavy atom. The maximum atomic E-state index is 10.5. The van der Waals surface area contributed by atoms with E-state index in [1.807, 2.05) is 0 Å². The van der Waals surface area contributed by atoms with Crippen molar-refractivity contribution in [1.82, 2.24) is 9.97 Å². The first kappa shape index (κ1) is 11.8. The molecule has 0 spiro atoms. The van der Waals surface area contributed by atoms with Gasteiger partial charge in [0, 0.05) is 5.56 Å². The standard InChI is InChI=1S/C11H6Cl2N2O2/c12-8-3-7(5-16)1-2-10(8)17-11-9(13)4-14-6-15-11/h1-6H. The van der Waals surface area contributed by atoms with Crippen LogP contribution in [0.1, 0.15) is 10.4 Å². The molecule has 0 aliphatic carbocycles. The molecule has 0 N–H and O–H groups in total. The molecule has 0 saturated carbocycles. The van der Waals surface area contributed by atoms with Crippen LogP contribution in [0.15, 0.2) is 30.7 Å². The number of benzene rings is 1. The number of aldehydes is 1. The Labute approximate surface area is 107 Å². The van der Waals surface area contributed by atoms with Gasteiger partial charge in [-0.3, -0.25) is 4.79 Å². The molecule has 86 valence electrons. The van der Waals surface area contributed by atoms with E-state index in [0.717, 1.165) is 0 Å². The van der Waals surface area contributed by atoms with Gasteiger partial charge in [0.05, 0.1) is 11.2 Å². The van der Waals surface area contributed by atoms with Crippen LogP contribution < -0.4 is 4.74 Å². The Balaban J connectivity index is 2.31. The molecule has 0 saturated heterocycles. The Morgan fingerprint density at radius 2 is 2.06 bits per heavy atom. The molecule has 0 atom stereocenters. The molecule has 0 aliphatic rings. The molecule has 4 nitrogen and oxygen atoms in total. The molecule has 1 aromatic carbocycles. The van der Waals surface area contributed by atoms with Gasteiger partial charge in [-0.25, -0.2) is 9.97 Å². The van der Waals surface area contributed by atoms with Crippen LogP contribution in [-0.2, 0) is 0 Å². The van der Waals surface area contributed by atoms with Gasteiger partial charge < -0.3 is 4.74 Å². The SMILES string of the molecule is O=Cc1ccc(Oc2ncncc2Cl)c(Cl)c1. The summed E-state index contributed by atoms with van der Waals surface area (Å²) in [4.78, 5) is 18.1. The predicted molar refractivity (Wildman–Crippen MR) is 64.0 cm³/mol. The number of ether oxygens (including phenoxy) is 1. The molecule has 0 bridgehead atoms. The minimum Gasteiger partial charge on any atom is -0.436 e. The molecule has 0 radical (unpaired) electrons. The maximum Gasteiger partial charge on any atom is 0.241 e. The zero-order chi connectivity index (χ0) is 12.3. The summed E-state index contributed by atoms with van der Waals surface area (Å²) in [5, 5.41) is 0.590. The van der Waals surface area contributed by atoms with Gasteiger partial charge in [-0.2, -0.15) is 0 Å². The Bertz CT molecular complexity index is 561. The molecular weight excluding hydrogens is 263 g/mol. The minimum atomic E-state index is 0.211. The molecule has 2 aromatic rings. The smallest absolute Gasteiger partial charge is 0.241 e. The highest BCUT2D eigenvalue weighted by Gasteiger charge is 2.08. The number of hydrogen-bond donors (Lipinski definition) is 0. The number of carbonyl (C=O) groups excluding carboxylic acids is 1. The lowest BCUT2D eigenvalue weighted by atomic mass is 10.2. The summed E-state index contributed by atoms with van der Waals surface area (Å²) in [7, 11) is 0. The van der Waals surface area contributed by atoms with Crippen LogP contribution in [0.4, 0.5) is 0 Å². The number of rotatable bonds is 3. The van der Waals surface area contributed by atoms with E-state index in [1.54, 1.807) is 12.1 Å². The summed E-state index contributed by atoms with van der Waals surface area (Å²) in [5.74, 6) is 0.584. The fourth-order valence-electron chi connectivity index (χ4n) is 1.15. The van der Waals surface area contributed by atoms with Crippen molar-refractivity contribution in [2.75, 3.05) is 0 Å². The van der Waals surface area contributed by atoms with Gasteiger partial charge in [-0.15, -0.1) is 0 Å². The van der Waals surface area contributed by atoms with E-state index in [4.69, 9.17) is 27.9 Å². The molecular formula is C11H6Cl2N2O2. The predicted octanol–water partition coefficient (Wildman–Crippen LogP) is 3.39. The number of hydrogen-bond acceptors (Lipinski definition) is 4. The fourth-order valence-corrected chi connectivity index (χ4v) is 1.53. The second-order valence-corrected chi connectivity index (χ2v) is 3.90. The summed E-state index contributed by atoms with van der Waals surface area (Å²) < 4.78 is 5.41. The van der Waals surface area contributed by atoms with Crippen molar-refractivity contribution < 1.29 is 9.53 Å². The van der Waals surface area contributed by atoms with Crippen molar-refractivity contribution in [2.45, 2.75) is 0 Å². The van der Waals surface area contributed by atoms with E-state index in [0.29, 0.717) is 22.6 Å². The minimum absolute atomic E-state index is 0.211. The Morgan fingerprint density at radius 3 is 2.71 bits per heavy atom. The van der Waals surface area contributed by atoms with Crippen molar-refractivity contribution >= 4 is 29.5 Å². The third-order valence-electron chi connectivity index (χ3n) is 1.93. The lowest BCUT2D eigenvalue weighted by Crippen LogP contribution is -1.91. The van der Waals surface area contributed by atoms with Crippen molar-refractivity contribution in [3.8, 4) is 11.6 Å². The number of halogens is 2. The largest absolute Gasteiger partial charge is 0.436 e. The van der Waals surface area contributed by atoms with Gasteiger partial charge in [0.15, 0.2) is 0 Å². The van der Waals surface area contributed by atoms with Crippen LogP contribution in [0.5, 0.6) is 11.6 Å². The first-order chi connectivity index (χ1) is 8.20. The molecule has 1 heterocycles. The summed E-state index contributed by atoms with van der Waals surface area (Å²) in [6, 6.07) is 4.66. The summed E-state index contributed by atoms with van der Waals surface area (Å²) in [5.41, 5.74) is 0.469. The normalized spacial score (nSPS) is 10.0. The zero-order valence-corrected chi connectivity index (χ0v) is 9.94. The highest BCUT2D eigenvalue weighted by Crippen LogP contribution is 2.31. The monoisotopic (exact) mass is 268 g/mol. The molecule has 0 amide bonds. The van der Waals surface area contributed by atoms with Crippen LogP contribution in [0.3, 0.4) is 0 Å². The highest BCUT2D eigenvalue weighted by atomic mass is 35.5. The average molecular weight is 269 g/mol. The molecule has 0 fully saturated rings. The van der Waals surface area contributed by atoms with E-state index in [9.17, 15) is 4.79 Å². The van der Waals surface area contributed by atoms with Gasteiger partial charge in [0.2, 0.25) is 5.88 Å². The van der Waals surface area contributed by atoms with E-state index in [2.05, 4.69) is 9.97 Å². The molecule has 6 heteroatoms. The Hall–Kier alpha value is -1.65. The van der Waals surface area contributed by atoms with Gasteiger partial charge in [0.1, 0.15) is 23.4 Å². The second-order valence-electron chi connectivity index (χ2n) is 3.09. The average Bonchev–Trinajstić information content (AvgIpc) is 2.34. The van der Waals surface area contributed by atoms with Gasteiger partial charge >= 0.3 is 0 Å². The number of carbonyl (C=O) groups is 1. The summed E-state index contributed by atoms with van der Waals surface area (Å²) >= 11 is 11.8. The zero-order valence-electron chi connectivity index (χ0n) is 8.43. The molecule has 2 rings (SSSR count). The second kappa shape index (κ2) is 5.12. The van der Waals surface area contributed by atoms with Gasteiger partial charge in [-0.1, -0.05) is 23.2 Å². The van der Waals surface area contributed by atoms with E-state index in [1.165, 1.54) is 18.6 Å². The van der Waals surface area contributed by atoms with Crippen molar-refractivity contribution in [3.05, 3.63) is 46.3 Å². The van der Waals surface area contributed by atoms with Crippen LogP contribution in [0.2, 0.25) is 10.0 Å². The lowest BCUT2D eigenvalue weighted by molar-refractivity contribution is 0.112. The molecule has 1 aromatic heterocycles. The third kappa shape index (κ3) is 2.72. The van der Waals surface area contributed by atoms with Crippen LogP contribution in [0, 0.1) is 0 Å². The van der Waals surface area contributed by atoms with E-state index >= 15 is 0 Å². The first-order valence-electron chi connectivity index (χ1n) is 4.59. The first-order valence-corrected chi connectivity index (χ1v) is 5.34. The van der Waals surface area contributed by atoms with Crippen molar-refractivity contribution in [2.24, 2.45) is 0 Å². The summed E-state index contributed by atoms with van der Waals surface area (Å²) in [6.07, 6.45) is 3.43. The van der Waals surface area contributed by atoms with E-state index < -0.39 is 0 Å². The number of nitrogens with zero attached hydrogens (tertiary/aromatic N) is 2. The molecule has 0 aliphatic heterocycles. The fraction of sp³-hybridized carbons (Fsp3) is 0. The highest BCUT2D eigenvalue weighted by molar-refractivity contribution is 6.32. The van der Waals surface area contributed by atoms with Gasteiger partial charge in [0.25, 0.3) is 0 Å². The number of aromatic nitrogens is 2. The molecule has 17 heavy (non-hydrogen) atoms. The quantitative estimate of drug-likeness (QED) is 0.801. The lowest BCUT2D eigenvalue weighted by Gasteiger charge is -2.07. The van der Waals surface area contributed by atoms with Crippen LogP contribution in [0.25, 0.3) is 0 Å². The Kier molecular flexibility index (Phi) is 3.56. The van der Waals surface area contributed by atoms with Crippen LogP contribution in [-0.4, -0.2) is 16.3 Å². The van der Waals surface area contributed by atoms with E-state index in [-0.39, 0.29) is 10.9 Å². The van der Waals surface area contributed by atoms with Crippen molar-refractivity contribution in [3.63, 3.8) is 0 Å². The van der Waals surface area contributed by atoms with Gasteiger partial charge in [-0.05, 0) is 18.2 Å².